The van der Waals surface area contributed by atoms with E-state index in [2.05, 4.69) is 26.9 Å². The predicted molar refractivity (Wildman–Crippen MR) is 138 cm³/mol. The third-order valence-corrected chi connectivity index (χ3v) is 5.18. The maximum absolute atomic E-state index is 9.19. The van der Waals surface area contributed by atoms with Gasteiger partial charge in [-0.2, -0.15) is 4.85 Å². The van der Waals surface area contributed by atoms with Gasteiger partial charge in [0.25, 0.3) is 5.69 Å². The molecule has 37 heavy (non-hydrogen) atoms. The summed E-state index contributed by atoms with van der Waals surface area (Å²) in [5.41, 5.74) is 5.48. The number of nitrogens with zero attached hydrogens (tertiary/aromatic N) is 5. The summed E-state index contributed by atoms with van der Waals surface area (Å²) in [6.07, 6.45) is 3.44. The van der Waals surface area contributed by atoms with E-state index in [1.807, 2.05) is 97.1 Å². The van der Waals surface area contributed by atoms with Crippen molar-refractivity contribution in [2.45, 2.75) is 0 Å². The van der Waals surface area contributed by atoms with Crippen LogP contribution in [0.5, 0.6) is 0 Å². The molecule has 0 saturated carbocycles. The van der Waals surface area contributed by atoms with E-state index in [4.69, 9.17) is 11.8 Å². The number of nitriles is 2. The van der Waals surface area contributed by atoms with Crippen LogP contribution in [-0.4, -0.2) is 9.97 Å². The normalized spacial score (nSPS) is 9.32. The van der Waals surface area contributed by atoms with Gasteiger partial charge < -0.3 is 4.98 Å². The van der Waals surface area contributed by atoms with Crippen LogP contribution < -0.4 is 0 Å². The molecular weight excluding hydrogens is 635 g/mol. The molecule has 5 rings (SSSR count). The molecule has 0 N–H and O–H groups in total. The summed E-state index contributed by atoms with van der Waals surface area (Å²) in [6.45, 7) is 7.34. The summed E-state index contributed by atoms with van der Waals surface area (Å²) < 4.78 is 0. The van der Waals surface area contributed by atoms with Crippen LogP contribution >= 0.6 is 0 Å². The van der Waals surface area contributed by atoms with E-state index >= 15 is 0 Å². The van der Waals surface area contributed by atoms with E-state index < -0.39 is 0 Å². The first-order chi connectivity index (χ1) is 17.7. The quantitative estimate of drug-likeness (QED) is 0.196. The molecular formula is C31H17IrN5-2. The molecule has 5 nitrogen and oxygen atoms in total. The van der Waals surface area contributed by atoms with E-state index in [0.717, 1.165) is 22.4 Å². The molecule has 2 heterocycles. The van der Waals surface area contributed by atoms with Gasteiger partial charge in [0.05, 0.1) is 6.07 Å². The summed E-state index contributed by atoms with van der Waals surface area (Å²) in [4.78, 5) is 12.0. The molecule has 0 atom stereocenters. The van der Waals surface area contributed by atoms with E-state index in [-0.39, 0.29) is 36.9 Å². The van der Waals surface area contributed by atoms with Gasteiger partial charge in [0.2, 0.25) is 0 Å². The largest absolute Gasteiger partial charge is 0.305 e. The van der Waals surface area contributed by atoms with Crippen molar-refractivity contribution in [2.75, 3.05) is 0 Å². The minimum atomic E-state index is 0. The van der Waals surface area contributed by atoms with Crippen LogP contribution in [0.2, 0.25) is 0 Å². The summed E-state index contributed by atoms with van der Waals surface area (Å²) in [6, 6.07) is 38.5. The number of hydrogen-bond donors (Lipinski definition) is 0. The second-order valence-corrected chi connectivity index (χ2v) is 7.44. The Labute approximate surface area is 229 Å². The Bertz CT molecular complexity index is 1560. The van der Waals surface area contributed by atoms with Crippen molar-refractivity contribution in [3.05, 3.63) is 138 Å². The van der Waals surface area contributed by atoms with Gasteiger partial charge in [-0.1, -0.05) is 54.6 Å². The van der Waals surface area contributed by atoms with Crippen LogP contribution in [0.4, 0.5) is 5.69 Å². The van der Waals surface area contributed by atoms with Crippen molar-refractivity contribution >= 4 is 5.69 Å². The zero-order chi connectivity index (χ0) is 25.2. The van der Waals surface area contributed by atoms with E-state index in [1.165, 1.54) is 6.07 Å². The van der Waals surface area contributed by atoms with Crippen molar-refractivity contribution in [2.24, 2.45) is 0 Å². The topological polar surface area (TPSA) is 77.7 Å². The molecule has 0 aliphatic heterocycles. The molecule has 0 aliphatic rings. The monoisotopic (exact) mass is 652 g/mol. The molecule has 2 aromatic heterocycles. The summed E-state index contributed by atoms with van der Waals surface area (Å²) in [5, 5.41) is 18.3. The zero-order valence-electron chi connectivity index (χ0n) is 19.4. The third-order valence-electron chi connectivity index (χ3n) is 5.18. The van der Waals surface area contributed by atoms with Gasteiger partial charge in [-0.3, -0.25) is 4.98 Å². The third kappa shape index (κ3) is 6.60. The number of aromatic nitrogens is 2. The Morgan fingerprint density at radius 1 is 0.757 bits per heavy atom. The standard InChI is InChI=1S/C20H9N4.C11H8N.Ir/c1-23-19-11-17(13-22)16(12-21)9-18(19)20-10-15(7-8-24-20)14-5-3-2-4-6-14;1-2-6-10(7-3-1)11-8-4-5-9-12-11;/h2-8,10-11H;1-6,8-9H;/q2*-1;. The minimum Gasteiger partial charge on any atom is -0.305 e. The molecule has 0 unspecified atom stereocenters. The van der Waals surface area contributed by atoms with E-state index in [1.54, 1.807) is 12.4 Å². The second-order valence-electron chi connectivity index (χ2n) is 7.44. The zero-order valence-corrected chi connectivity index (χ0v) is 21.8. The molecule has 6 heteroatoms. The first-order valence-electron chi connectivity index (χ1n) is 10.9. The van der Waals surface area contributed by atoms with Crippen molar-refractivity contribution in [1.82, 2.24) is 9.97 Å². The van der Waals surface area contributed by atoms with E-state index in [0.29, 0.717) is 11.3 Å². The summed E-state index contributed by atoms with van der Waals surface area (Å²) in [5.74, 6) is 0. The van der Waals surface area contributed by atoms with Gasteiger partial charge in [-0.15, -0.1) is 35.9 Å². The van der Waals surface area contributed by atoms with Crippen molar-refractivity contribution in [3.8, 4) is 45.8 Å². The molecule has 0 spiro atoms. The molecule has 177 valence electrons. The first-order valence-corrected chi connectivity index (χ1v) is 10.9. The Balaban J connectivity index is 0.000000246. The van der Waals surface area contributed by atoms with Gasteiger partial charge in [-0.05, 0) is 52.2 Å². The van der Waals surface area contributed by atoms with Crippen LogP contribution in [0.25, 0.3) is 38.5 Å². The van der Waals surface area contributed by atoms with Crippen LogP contribution in [0, 0.1) is 41.4 Å². The number of hydrogen-bond acceptors (Lipinski definition) is 4. The molecule has 3 aromatic carbocycles. The fourth-order valence-corrected chi connectivity index (χ4v) is 3.45. The number of benzene rings is 3. The molecule has 0 saturated heterocycles. The Morgan fingerprint density at radius 2 is 1.51 bits per heavy atom. The Morgan fingerprint density at radius 3 is 2.16 bits per heavy atom. The van der Waals surface area contributed by atoms with Gasteiger partial charge in [0, 0.05) is 43.8 Å². The molecule has 5 aromatic rings. The first kappa shape index (κ1) is 26.7. The number of pyridine rings is 2. The fraction of sp³-hybridized carbons (Fsp3) is 0. The van der Waals surface area contributed by atoms with Gasteiger partial charge in [-0.25, -0.2) is 10.5 Å². The fourth-order valence-electron chi connectivity index (χ4n) is 3.45. The SMILES string of the molecule is [C-]#[N+]c1cc(C#N)c(C#N)[c-]c1-c1cc(-c2ccccc2)ccn1.[Ir].[c-]1ccccc1-c1ccccn1. The minimum absolute atomic E-state index is 0. The Hall–Kier alpha value is -4.92. The Kier molecular flexibility index (Phi) is 9.55. The van der Waals surface area contributed by atoms with Crippen LogP contribution in [-0.2, 0) is 20.1 Å². The number of rotatable bonds is 3. The molecule has 0 amide bonds. The van der Waals surface area contributed by atoms with Crippen LogP contribution in [0.3, 0.4) is 0 Å². The van der Waals surface area contributed by atoms with Gasteiger partial charge in [0.1, 0.15) is 6.57 Å². The van der Waals surface area contributed by atoms with E-state index in [9.17, 15) is 5.26 Å². The van der Waals surface area contributed by atoms with Crippen LogP contribution in [0.15, 0.2) is 103 Å². The maximum Gasteiger partial charge on any atom is 0.254 e. The maximum atomic E-state index is 9.19. The smallest absolute Gasteiger partial charge is 0.254 e. The molecule has 1 radical (unpaired) electrons. The van der Waals surface area contributed by atoms with Crippen LogP contribution in [0.1, 0.15) is 11.1 Å². The second kappa shape index (κ2) is 13.2. The average Bonchev–Trinajstić information content (AvgIpc) is 2.98. The predicted octanol–water partition coefficient (Wildman–Crippen LogP) is 7.06. The molecule has 0 aliphatic carbocycles. The van der Waals surface area contributed by atoms with Crippen molar-refractivity contribution < 1.29 is 20.1 Å². The van der Waals surface area contributed by atoms with Crippen molar-refractivity contribution in [1.29, 1.82) is 10.5 Å². The summed E-state index contributed by atoms with van der Waals surface area (Å²) in [7, 11) is 0. The molecule has 0 fully saturated rings. The molecule has 0 bridgehead atoms. The average molecular weight is 652 g/mol. The summed E-state index contributed by atoms with van der Waals surface area (Å²) >= 11 is 0. The van der Waals surface area contributed by atoms with Gasteiger partial charge in [0.15, 0.2) is 0 Å². The van der Waals surface area contributed by atoms with Crippen molar-refractivity contribution in [3.63, 3.8) is 0 Å². The van der Waals surface area contributed by atoms with Gasteiger partial charge >= 0.3 is 0 Å².